The quantitative estimate of drug-likeness (QED) is 0.129. The summed E-state index contributed by atoms with van der Waals surface area (Å²) in [6.45, 7) is 11.6. The van der Waals surface area contributed by atoms with Crippen LogP contribution in [0.5, 0.6) is 0 Å². The van der Waals surface area contributed by atoms with Crippen molar-refractivity contribution in [1.82, 2.24) is 0 Å². The number of esters is 1. The largest absolute Gasteiger partial charge is 0.458 e. The summed E-state index contributed by atoms with van der Waals surface area (Å²) in [7, 11) is 0. The lowest BCUT2D eigenvalue weighted by Gasteiger charge is -2.65. The maximum Gasteiger partial charge on any atom is 0.331 e. The molecule has 0 aromatic rings. The minimum atomic E-state index is -1.03. The van der Waals surface area contributed by atoms with Crippen LogP contribution in [0.1, 0.15) is 119 Å². The number of carbonyl (C=O) groups is 1. The molecule has 0 radical (unpaired) electrons. The van der Waals surface area contributed by atoms with Gasteiger partial charge in [-0.3, -0.25) is 0 Å². The van der Waals surface area contributed by atoms with Gasteiger partial charge in [0.25, 0.3) is 0 Å². The number of hydrogen-bond donors (Lipinski definition) is 7. The molecule has 4 aliphatic carbocycles. The van der Waals surface area contributed by atoms with Gasteiger partial charge in [-0.2, -0.15) is 0 Å². The Morgan fingerprint density at radius 3 is 1.61 bits per heavy atom. The van der Waals surface area contributed by atoms with E-state index in [9.17, 15) is 40.5 Å². The van der Waals surface area contributed by atoms with E-state index in [0.717, 1.165) is 44.1 Å². The van der Waals surface area contributed by atoms with Crippen molar-refractivity contribution in [2.45, 2.75) is 235 Å². The standard InChI is InChI=1S/C47H74O17/c1-21-41(54)31(48)16-38(57-21)62-43-23(3)59-40(18-33(43)50)64-44-24(4)60-39(19-34(44)51)63-42-22(2)58-37(17-32(42)49)61-27-9-11-45(5)26(14-27)7-8-29-30(45)15-35(52)46(6)28(10-12-47(29,46)55)25-13-36(53)56-20-25/h13,21-24,26-35,37-44,48-52,54-55H,7-12,14-20H2,1-6H3/t21?,22?,23?,24?,26-,27+,28-,29-,30+,31?,32?,33?,34?,35-,37?,38?,39?,40?,41?,42?,43?,44?,45+,46+,47+/m0/s1. The molecule has 0 spiro atoms. The van der Waals surface area contributed by atoms with E-state index in [-0.39, 0.29) is 67.5 Å². The van der Waals surface area contributed by atoms with Crippen LogP contribution in [-0.4, -0.2) is 165 Å². The molecule has 17 nitrogen and oxygen atoms in total. The minimum absolute atomic E-state index is 0.0536. The van der Waals surface area contributed by atoms with Crippen LogP contribution >= 0.6 is 0 Å². The van der Waals surface area contributed by atoms with E-state index < -0.39 is 116 Å². The predicted molar refractivity (Wildman–Crippen MR) is 222 cm³/mol. The SMILES string of the molecule is CC1OC(OC2C(O)CC(OC3C(O)CC(OC4C(O)CC(O[C@@H]5CC[C@]6(C)[C@@H](CC[C@H]7[C@H]6C[C@H](O)[C@@]6(C)[C@H](C8=CC(=O)OC8)CC[C@@]76O)C5)OC4C)OC3C)OC2C)CC(O)C1O. The van der Waals surface area contributed by atoms with Gasteiger partial charge in [0, 0.05) is 37.2 Å². The summed E-state index contributed by atoms with van der Waals surface area (Å²) in [5.74, 6) is 0.144. The third-order valence-corrected chi connectivity index (χ3v) is 17.9. The lowest BCUT2D eigenvalue weighted by Crippen LogP contribution is -2.67. The first-order valence-corrected chi connectivity index (χ1v) is 24.2. The lowest BCUT2D eigenvalue weighted by molar-refractivity contribution is -0.344. The molecule has 0 amide bonds. The average Bonchev–Trinajstić information content (AvgIpc) is 3.78. The van der Waals surface area contributed by atoms with Crippen molar-refractivity contribution < 1.29 is 83.2 Å². The Kier molecular flexibility index (Phi) is 13.5. The van der Waals surface area contributed by atoms with Crippen molar-refractivity contribution in [3.05, 3.63) is 11.6 Å². The van der Waals surface area contributed by atoms with E-state index >= 15 is 0 Å². The Hall–Kier alpha value is -1.39. The zero-order valence-corrected chi connectivity index (χ0v) is 38.2. The highest BCUT2D eigenvalue weighted by atomic mass is 16.8. The second kappa shape index (κ2) is 18.2. The molecule has 25 atom stereocenters. The Labute approximate surface area is 376 Å². The molecule has 9 aliphatic rings. The van der Waals surface area contributed by atoms with E-state index in [2.05, 4.69) is 6.92 Å². The highest BCUT2D eigenvalue weighted by Gasteiger charge is 2.71. The van der Waals surface area contributed by atoms with Crippen LogP contribution < -0.4 is 0 Å². The Morgan fingerprint density at radius 2 is 1.11 bits per heavy atom. The zero-order valence-electron chi connectivity index (χ0n) is 38.2. The zero-order chi connectivity index (χ0) is 45.6. The van der Waals surface area contributed by atoms with Crippen LogP contribution in [0.4, 0.5) is 0 Å². The molecule has 7 N–H and O–H groups in total. The van der Waals surface area contributed by atoms with Crippen molar-refractivity contribution in [3.8, 4) is 0 Å². The number of aliphatic hydroxyl groups is 7. The van der Waals surface area contributed by atoms with Gasteiger partial charge < -0.3 is 78.4 Å². The number of ether oxygens (including phenoxy) is 9. The monoisotopic (exact) mass is 910 g/mol. The molecule has 8 fully saturated rings. The second-order valence-corrected chi connectivity index (χ2v) is 21.5. The van der Waals surface area contributed by atoms with Crippen molar-refractivity contribution in [3.63, 3.8) is 0 Å². The molecular weight excluding hydrogens is 837 g/mol. The van der Waals surface area contributed by atoms with Crippen LogP contribution in [0.3, 0.4) is 0 Å². The maximum absolute atomic E-state index is 12.6. The topological polar surface area (TPSA) is 242 Å². The first-order chi connectivity index (χ1) is 30.3. The van der Waals surface area contributed by atoms with Crippen molar-refractivity contribution in [1.29, 1.82) is 0 Å². The summed E-state index contributed by atoms with van der Waals surface area (Å²) >= 11 is 0. The Bertz CT molecular complexity index is 1650. The van der Waals surface area contributed by atoms with Gasteiger partial charge in [-0.05, 0) is 114 Å². The fourth-order valence-electron chi connectivity index (χ4n) is 14.2. The molecule has 0 aromatic carbocycles. The summed E-state index contributed by atoms with van der Waals surface area (Å²) in [4.78, 5) is 12.0. The fraction of sp³-hybridized carbons (Fsp3) is 0.936. The van der Waals surface area contributed by atoms with E-state index in [4.69, 9.17) is 42.6 Å². The number of fused-ring (bicyclic) bond motifs is 5. The van der Waals surface area contributed by atoms with Gasteiger partial charge >= 0.3 is 5.97 Å². The van der Waals surface area contributed by atoms with Crippen molar-refractivity contribution >= 4 is 5.97 Å². The summed E-state index contributed by atoms with van der Waals surface area (Å²) in [6, 6.07) is 0. The van der Waals surface area contributed by atoms with Crippen LogP contribution in [0.15, 0.2) is 11.6 Å². The summed E-state index contributed by atoms with van der Waals surface area (Å²) in [5, 5.41) is 78.4. The van der Waals surface area contributed by atoms with Crippen LogP contribution in [0.25, 0.3) is 0 Å². The lowest BCUT2D eigenvalue weighted by atomic mass is 9.42. The molecule has 4 saturated heterocycles. The molecule has 4 saturated carbocycles. The fourth-order valence-corrected chi connectivity index (χ4v) is 14.2. The molecule has 5 heterocycles. The maximum atomic E-state index is 12.6. The van der Waals surface area contributed by atoms with Gasteiger partial charge in [0.15, 0.2) is 25.2 Å². The predicted octanol–water partition coefficient (Wildman–Crippen LogP) is 2.10. The van der Waals surface area contributed by atoms with Crippen LogP contribution in [0.2, 0.25) is 0 Å². The van der Waals surface area contributed by atoms with E-state index in [1.165, 1.54) is 0 Å². The highest BCUT2D eigenvalue weighted by molar-refractivity contribution is 5.85. The first-order valence-electron chi connectivity index (χ1n) is 24.2. The third-order valence-electron chi connectivity index (χ3n) is 17.9. The second-order valence-electron chi connectivity index (χ2n) is 21.5. The van der Waals surface area contributed by atoms with Crippen LogP contribution in [0, 0.1) is 34.5 Å². The van der Waals surface area contributed by atoms with Crippen molar-refractivity contribution in [2.75, 3.05) is 6.61 Å². The molecule has 64 heavy (non-hydrogen) atoms. The smallest absolute Gasteiger partial charge is 0.331 e. The average molecular weight is 911 g/mol. The summed E-state index contributed by atoms with van der Waals surface area (Å²) in [5.41, 5.74) is -0.941. The molecule has 364 valence electrons. The van der Waals surface area contributed by atoms with Crippen LogP contribution in [-0.2, 0) is 47.4 Å². The van der Waals surface area contributed by atoms with Gasteiger partial charge in [-0.1, -0.05) is 13.8 Å². The van der Waals surface area contributed by atoms with Gasteiger partial charge in [-0.15, -0.1) is 0 Å². The van der Waals surface area contributed by atoms with Gasteiger partial charge in [0.05, 0.1) is 66.6 Å². The molecule has 0 aromatic heterocycles. The van der Waals surface area contributed by atoms with Gasteiger partial charge in [0.2, 0.25) is 0 Å². The molecule has 9 rings (SSSR count). The third kappa shape index (κ3) is 8.45. The van der Waals surface area contributed by atoms with Gasteiger partial charge in [0.1, 0.15) is 31.0 Å². The number of rotatable bonds is 9. The molecular formula is C47H74O17. The Balaban J connectivity index is 0.738. The van der Waals surface area contributed by atoms with Gasteiger partial charge in [-0.25, -0.2) is 4.79 Å². The summed E-state index contributed by atoms with van der Waals surface area (Å²) in [6.07, 6.45) is -5.28. The van der Waals surface area contributed by atoms with E-state index in [0.29, 0.717) is 18.8 Å². The number of hydrogen-bond acceptors (Lipinski definition) is 17. The number of cyclic esters (lactones) is 1. The minimum Gasteiger partial charge on any atom is -0.458 e. The normalized spacial score (nSPS) is 55.5. The van der Waals surface area contributed by atoms with E-state index in [1.807, 2.05) is 13.8 Å². The molecule has 16 unspecified atom stereocenters. The highest BCUT2D eigenvalue weighted by Crippen LogP contribution is 2.70. The first kappa shape index (κ1) is 47.7. The summed E-state index contributed by atoms with van der Waals surface area (Å²) < 4.78 is 54.5. The van der Waals surface area contributed by atoms with E-state index in [1.54, 1.807) is 26.8 Å². The molecule has 5 aliphatic heterocycles. The number of aliphatic hydroxyl groups excluding tert-OH is 6. The molecule has 0 bridgehead atoms. The van der Waals surface area contributed by atoms with Crippen molar-refractivity contribution in [2.24, 2.45) is 34.5 Å². The molecule has 17 heteroatoms. The Morgan fingerprint density at radius 1 is 0.594 bits per heavy atom. The number of carbonyl (C=O) groups excluding carboxylic acids is 1.